The van der Waals surface area contributed by atoms with E-state index in [1.807, 2.05) is 30.3 Å². The Balaban J connectivity index is 2.36. The lowest BCUT2D eigenvalue weighted by Crippen LogP contribution is -2.06. The highest BCUT2D eigenvalue weighted by molar-refractivity contribution is 5.85. The maximum Gasteiger partial charge on any atom is 0.161 e. The van der Waals surface area contributed by atoms with Gasteiger partial charge in [-0.1, -0.05) is 49.7 Å². The quantitative estimate of drug-likeness (QED) is 0.639. The van der Waals surface area contributed by atoms with Gasteiger partial charge >= 0.3 is 0 Å². The third kappa shape index (κ3) is 3.63. The molecule has 0 aliphatic carbocycles. The molecular weight excluding hydrogens is 350 g/mol. The summed E-state index contributed by atoms with van der Waals surface area (Å²) < 4.78 is 5.27. The van der Waals surface area contributed by atoms with Crippen molar-refractivity contribution < 1.29 is 9.84 Å². The van der Waals surface area contributed by atoms with Gasteiger partial charge in [-0.25, -0.2) is 4.98 Å². The number of ether oxygens (including phenoxy) is 1. The molecule has 3 N–H and O–H groups in total. The topological polar surface area (TPSA) is 92.2 Å². The first-order chi connectivity index (χ1) is 13.6. The highest BCUT2D eigenvalue weighted by Gasteiger charge is 2.21. The van der Waals surface area contributed by atoms with Crippen molar-refractivity contribution in [2.24, 2.45) is 0 Å². The number of anilines is 1. The van der Waals surface area contributed by atoms with Crippen LogP contribution in [0.3, 0.4) is 0 Å². The lowest BCUT2D eigenvalue weighted by Gasteiger charge is -2.18. The van der Waals surface area contributed by atoms with Gasteiger partial charge in [0.15, 0.2) is 11.5 Å². The van der Waals surface area contributed by atoms with Crippen LogP contribution in [0.1, 0.15) is 30.9 Å². The van der Waals surface area contributed by atoms with E-state index in [-0.39, 0.29) is 11.6 Å². The maximum absolute atomic E-state index is 9.98. The zero-order valence-electron chi connectivity index (χ0n) is 16.1. The Labute approximate surface area is 165 Å². The van der Waals surface area contributed by atoms with E-state index in [1.165, 1.54) is 7.11 Å². The smallest absolute Gasteiger partial charge is 0.161 e. The molecule has 0 bridgehead atoms. The van der Waals surface area contributed by atoms with Crippen molar-refractivity contribution in [2.75, 3.05) is 12.8 Å². The van der Waals surface area contributed by atoms with Crippen molar-refractivity contribution in [1.82, 2.24) is 4.98 Å². The maximum atomic E-state index is 9.98. The van der Waals surface area contributed by atoms with Gasteiger partial charge in [0.25, 0.3) is 0 Å². The van der Waals surface area contributed by atoms with Crippen LogP contribution in [0.4, 0.5) is 5.82 Å². The monoisotopic (exact) mass is 373 g/mol. The van der Waals surface area contributed by atoms with Crippen molar-refractivity contribution >= 4 is 5.82 Å². The molecule has 0 fully saturated rings. The van der Waals surface area contributed by atoms with E-state index >= 15 is 0 Å². The zero-order valence-corrected chi connectivity index (χ0v) is 16.1. The molecule has 0 amide bonds. The van der Waals surface area contributed by atoms with Crippen LogP contribution in [0.25, 0.3) is 22.4 Å². The minimum absolute atomic E-state index is 0.0465. The lowest BCUT2D eigenvalue weighted by molar-refractivity contribution is 0.373. The number of benzene rings is 2. The van der Waals surface area contributed by atoms with Crippen LogP contribution in [0.2, 0.25) is 0 Å². The molecule has 0 saturated carbocycles. The fourth-order valence-corrected chi connectivity index (χ4v) is 3.34. The highest BCUT2D eigenvalue weighted by Crippen LogP contribution is 2.40. The molecule has 5 heteroatoms. The average molecular weight is 373 g/mol. The van der Waals surface area contributed by atoms with E-state index in [0.29, 0.717) is 11.3 Å². The van der Waals surface area contributed by atoms with Crippen molar-refractivity contribution in [3.8, 4) is 40.0 Å². The average Bonchev–Trinajstić information content (AvgIpc) is 2.73. The van der Waals surface area contributed by atoms with Gasteiger partial charge in [-0.15, -0.1) is 0 Å². The molecule has 0 aliphatic rings. The van der Waals surface area contributed by atoms with Crippen LogP contribution < -0.4 is 10.5 Å². The molecule has 1 aromatic heterocycles. The van der Waals surface area contributed by atoms with E-state index in [2.05, 4.69) is 18.0 Å². The fourth-order valence-electron chi connectivity index (χ4n) is 3.34. The molecule has 0 atom stereocenters. The molecule has 0 aliphatic heterocycles. The molecule has 3 aromatic rings. The number of pyridine rings is 1. The number of nitrogen functional groups attached to an aromatic ring is 1. The Hall–Kier alpha value is -3.52. The molecule has 1 heterocycles. The van der Waals surface area contributed by atoms with E-state index in [9.17, 15) is 10.4 Å². The second kappa shape index (κ2) is 8.45. The summed E-state index contributed by atoms with van der Waals surface area (Å²) in [5.74, 6) is 0.591. The van der Waals surface area contributed by atoms with Crippen LogP contribution in [0, 0.1) is 11.3 Å². The standard InChI is InChI=1S/C23H23N3O2/c1-3-4-10-17-21(16-11-12-19(27)20(13-16)28-2)18(14-24)23(25)26-22(17)15-8-6-5-7-9-15/h5-9,11-13,27H,3-4,10H2,1-2H3,(H2,25,26). The predicted molar refractivity (Wildman–Crippen MR) is 111 cm³/mol. The summed E-state index contributed by atoms with van der Waals surface area (Å²) in [6, 6.07) is 17.1. The number of rotatable bonds is 6. The Morgan fingerprint density at radius 3 is 2.54 bits per heavy atom. The summed E-state index contributed by atoms with van der Waals surface area (Å²) in [7, 11) is 1.50. The lowest BCUT2D eigenvalue weighted by atomic mass is 9.89. The normalized spacial score (nSPS) is 10.5. The number of nitriles is 1. The Bertz CT molecular complexity index is 1020. The summed E-state index contributed by atoms with van der Waals surface area (Å²) in [5.41, 5.74) is 10.8. The predicted octanol–water partition coefficient (Wildman–Crippen LogP) is 4.93. The first-order valence-corrected chi connectivity index (χ1v) is 9.25. The molecule has 3 rings (SSSR count). The number of unbranched alkanes of at least 4 members (excludes halogenated alkanes) is 1. The molecule has 142 valence electrons. The third-order valence-corrected chi connectivity index (χ3v) is 4.73. The van der Waals surface area contributed by atoms with Gasteiger partial charge in [-0.3, -0.25) is 0 Å². The molecular formula is C23H23N3O2. The Kier molecular flexibility index (Phi) is 5.81. The number of aromatic hydroxyl groups is 1. The minimum atomic E-state index is 0.0465. The van der Waals surface area contributed by atoms with E-state index in [1.54, 1.807) is 18.2 Å². The van der Waals surface area contributed by atoms with Crippen LogP contribution in [0.15, 0.2) is 48.5 Å². The number of nitrogens with zero attached hydrogens (tertiary/aromatic N) is 2. The van der Waals surface area contributed by atoms with Gasteiger partial charge in [0.2, 0.25) is 0 Å². The van der Waals surface area contributed by atoms with Crippen molar-refractivity contribution in [2.45, 2.75) is 26.2 Å². The SMILES string of the molecule is CCCCc1c(-c2ccccc2)nc(N)c(C#N)c1-c1ccc(O)c(OC)c1. The van der Waals surface area contributed by atoms with Gasteiger partial charge in [0.05, 0.1) is 12.8 Å². The summed E-state index contributed by atoms with van der Waals surface area (Å²) >= 11 is 0. The van der Waals surface area contributed by atoms with Crippen molar-refractivity contribution in [1.29, 1.82) is 5.26 Å². The van der Waals surface area contributed by atoms with Crippen LogP contribution >= 0.6 is 0 Å². The van der Waals surface area contributed by atoms with Crippen molar-refractivity contribution in [3.63, 3.8) is 0 Å². The summed E-state index contributed by atoms with van der Waals surface area (Å²) in [6.07, 6.45) is 2.73. The summed E-state index contributed by atoms with van der Waals surface area (Å²) in [6.45, 7) is 2.13. The molecule has 5 nitrogen and oxygen atoms in total. The zero-order chi connectivity index (χ0) is 20.1. The fraction of sp³-hybridized carbons (Fsp3) is 0.217. The summed E-state index contributed by atoms with van der Waals surface area (Å²) in [5, 5.41) is 19.8. The van der Waals surface area contributed by atoms with E-state index < -0.39 is 0 Å². The van der Waals surface area contributed by atoms with Crippen molar-refractivity contribution in [3.05, 3.63) is 59.7 Å². The van der Waals surface area contributed by atoms with Crippen LogP contribution in [-0.2, 0) is 6.42 Å². The molecule has 2 aromatic carbocycles. The van der Waals surface area contributed by atoms with Crippen LogP contribution in [-0.4, -0.2) is 17.2 Å². The Morgan fingerprint density at radius 1 is 1.14 bits per heavy atom. The van der Waals surface area contributed by atoms with Gasteiger partial charge in [-0.2, -0.15) is 5.26 Å². The van der Waals surface area contributed by atoms with Gasteiger partial charge in [0.1, 0.15) is 17.5 Å². The van der Waals surface area contributed by atoms with Gasteiger partial charge in [-0.05, 0) is 36.1 Å². The molecule has 0 spiro atoms. The first-order valence-electron chi connectivity index (χ1n) is 9.25. The first kappa shape index (κ1) is 19.2. The number of hydrogen-bond donors (Lipinski definition) is 2. The summed E-state index contributed by atoms with van der Waals surface area (Å²) in [4.78, 5) is 4.59. The molecule has 0 saturated heterocycles. The molecule has 28 heavy (non-hydrogen) atoms. The third-order valence-electron chi connectivity index (χ3n) is 4.73. The number of nitrogens with two attached hydrogens (primary N) is 1. The molecule has 0 unspecified atom stereocenters. The second-order valence-corrected chi connectivity index (χ2v) is 6.54. The second-order valence-electron chi connectivity index (χ2n) is 6.54. The van der Waals surface area contributed by atoms with E-state index in [4.69, 9.17) is 10.5 Å². The highest BCUT2D eigenvalue weighted by atomic mass is 16.5. The van der Waals surface area contributed by atoms with E-state index in [0.717, 1.165) is 47.2 Å². The number of phenols is 1. The number of phenolic OH excluding ortho intramolecular Hbond substituents is 1. The Morgan fingerprint density at radius 2 is 1.89 bits per heavy atom. The van der Waals surface area contributed by atoms with Crippen LogP contribution in [0.5, 0.6) is 11.5 Å². The minimum Gasteiger partial charge on any atom is -0.504 e. The van der Waals surface area contributed by atoms with Gasteiger partial charge in [0, 0.05) is 11.1 Å². The molecule has 0 radical (unpaired) electrons. The number of aromatic nitrogens is 1. The number of hydrogen-bond acceptors (Lipinski definition) is 5. The number of methoxy groups -OCH3 is 1. The van der Waals surface area contributed by atoms with Gasteiger partial charge < -0.3 is 15.6 Å². The largest absolute Gasteiger partial charge is 0.504 e.